The topological polar surface area (TPSA) is 28.2 Å². The third kappa shape index (κ3) is 2.83. The maximum Gasteiger partial charge on any atom is 0.0445 e. The molecule has 110 valence electrons. The van der Waals surface area contributed by atoms with Crippen LogP contribution in [0.4, 0.5) is 5.69 Å². The molecule has 2 aliphatic rings. The zero-order valence-electron chi connectivity index (χ0n) is 12.6. The molecular weight excluding hydrogens is 246 g/mol. The van der Waals surface area contributed by atoms with Crippen LogP contribution in [0.3, 0.4) is 0 Å². The molecule has 0 amide bonds. The smallest absolute Gasteiger partial charge is 0.0445 e. The van der Waals surface area contributed by atoms with Crippen molar-refractivity contribution in [1.82, 2.24) is 10.3 Å². The molecule has 3 nitrogen and oxygen atoms in total. The Labute approximate surface area is 122 Å². The Kier molecular flexibility index (Phi) is 4.56. The van der Waals surface area contributed by atoms with E-state index >= 15 is 0 Å². The van der Waals surface area contributed by atoms with Crippen molar-refractivity contribution in [3.63, 3.8) is 0 Å². The highest BCUT2D eigenvalue weighted by Gasteiger charge is 2.36. The molecule has 1 saturated carbocycles. The Balaban J connectivity index is 1.75. The van der Waals surface area contributed by atoms with Crippen molar-refractivity contribution in [2.24, 2.45) is 5.92 Å². The predicted molar refractivity (Wildman–Crippen MR) is 83.9 cm³/mol. The van der Waals surface area contributed by atoms with Crippen molar-refractivity contribution in [3.8, 4) is 0 Å². The molecule has 2 heterocycles. The predicted octanol–water partition coefficient (Wildman–Crippen LogP) is 3.35. The molecule has 1 aromatic heterocycles. The lowest BCUT2D eigenvalue weighted by Gasteiger charge is -2.34. The number of hydrogen-bond donors (Lipinski definition) is 1. The molecular formula is C17H27N3. The van der Waals surface area contributed by atoms with E-state index in [4.69, 9.17) is 0 Å². The van der Waals surface area contributed by atoms with Gasteiger partial charge >= 0.3 is 0 Å². The van der Waals surface area contributed by atoms with E-state index in [1.807, 2.05) is 12.4 Å². The van der Waals surface area contributed by atoms with E-state index in [1.165, 1.54) is 56.3 Å². The minimum Gasteiger partial charge on any atom is -0.368 e. The summed E-state index contributed by atoms with van der Waals surface area (Å²) >= 11 is 0. The molecule has 1 aliphatic heterocycles. The van der Waals surface area contributed by atoms with Gasteiger partial charge in [0.2, 0.25) is 0 Å². The van der Waals surface area contributed by atoms with Gasteiger partial charge in [-0.2, -0.15) is 0 Å². The fourth-order valence-corrected chi connectivity index (χ4v) is 3.94. The maximum absolute atomic E-state index is 4.33. The van der Waals surface area contributed by atoms with Crippen LogP contribution in [0.5, 0.6) is 0 Å². The number of rotatable bonds is 5. The first-order valence-electron chi connectivity index (χ1n) is 8.30. The molecule has 3 heteroatoms. The fraction of sp³-hybridized carbons (Fsp3) is 0.706. The molecule has 1 saturated heterocycles. The van der Waals surface area contributed by atoms with Crippen LogP contribution < -0.4 is 10.2 Å². The third-order valence-electron chi connectivity index (χ3n) is 4.94. The van der Waals surface area contributed by atoms with Crippen LogP contribution in [0.25, 0.3) is 0 Å². The summed E-state index contributed by atoms with van der Waals surface area (Å²) < 4.78 is 0. The van der Waals surface area contributed by atoms with Gasteiger partial charge in [0, 0.05) is 42.8 Å². The van der Waals surface area contributed by atoms with Gasteiger partial charge in [0.1, 0.15) is 0 Å². The SMILES string of the molecule is CCCNCc1cnccc1N1CCC2CCCCC21. The summed E-state index contributed by atoms with van der Waals surface area (Å²) in [5.41, 5.74) is 2.80. The number of hydrogen-bond acceptors (Lipinski definition) is 3. The van der Waals surface area contributed by atoms with Gasteiger partial charge in [0.05, 0.1) is 0 Å². The third-order valence-corrected chi connectivity index (χ3v) is 4.94. The summed E-state index contributed by atoms with van der Waals surface area (Å²) in [4.78, 5) is 7.01. The largest absolute Gasteiger partial charge is 0.368 e. The summed E-state index contributed by atoms with van der Waals surface area (Å²) in [5.74, 6) is 0.938. The van der Waals surface area contributed by atoms with Gasteiger partial charge in [-0.05, 0) is 44.2 Å². The van der Waals surface area contributed by atoms with Crippen LogP contribution in [-0.4, -0.2) is 24.1 Å². The number of fused-ring (bicyclic) bond motifs is 1. The number of nitrogens with zero attached hydrogens (tertiary/aromatic N) is 2. The van der Waals surface area contributed by atoms with Gasteiger partial charge in [-0.25, -0.2) is 0 Å². The van der Waals surface area contributed by atoms with Crippen molar-refractivity contribution in [2.45, 2.75) is 58.0 Å². The van der Waals surface area contributed by atoms with E-state index < -0.39 is 0 Å². The zero-order chi connectivity index (χ0) is 13.8. The Morgan fingerprint density at radius 3 is 3.10 bits per heavy atom. The van der Waals surface area contributed by atoms with Gasteiger partial charge in [-0.15, -0.1) is 0 Å². The Hall–Kier alpha value is -1.09. The highest BCUT2D eigenvalue weighted by atomic mass is 15.2. The first kappa shape index (κ1) is 13.9. The maximum atomic E-state index is 4.33. The monoisotopic (exact) mass is 273 g/mol. The van der Waals surface area contributed by atoms with Crippen molar-refractivity contribution in [1.29, 1.82) is 0 Å². The normalized spacial score (nSPS) is 25.8. The second-order valence-corrected chi connectivity index (χ2v) is 6.28. The first-order valence-corrected chi connectivity index (χ1v) is 8.30. The molecule has 0 aromatic carbocycles. The standard InChI is InChI=1S/C17H27N3/c1-2-9-18-12-15-13-19-10-7-17(15)20-11-8-14-5-3-4-6-16(14)20/h7,10,13-14,16,18H,2-6,8-9,11-12H2,1H3. The molecule has 1 N–H and O–H groups in total. The van der Waals surface area contributed by atoms with Crippen LogP contribution >= 0.6 is 0 Å². The number of pyridine rings is 1. The van der Waals surface area contributed by atoms with E-state index in [1.54, 1.807) is 0 Å². The van der Waals surface area contributed by atoms with Gasteiger partial charge in [0.15, 0.2) is 0 Å². The van der Waals surface area contributed by atoms with Crippen LogP contribution in [0.1, 0.15) is 51.0 Å². The lowest BCUT2D eigenvalue weighted by molar-refractivity contribution is 0.342. The molecule has 1 aromatic rings. The van der Waals surface area contributed by atoms with Gasteiger partial charge in [-0.3, -0.25) is 4.98 Å². The minimum absolute atomic E-state index is 0.788. The zero-order valence-corrected chi connectivity index (χ0v) is 12.6. The van der Waals surface area contributed by atoms with Crippen molar-refractivity contribution < 1.29 is 0 Å². The van der Waals surface area contributed by atoms with Crippen LogP contribution in [0.15, 0.2) is 18.5 Å². The van der Waals surface area contributed by atoms with E-state index in [2.05, 4.69) is 28.2 Å². The average molecular weight is 273 g/mol. The molecule has 0 radical (unpaired) electrons. The Morgan fingerprint density at radius 2 is 2.20 bits per heavy atom. The number of nitrogens with one attached hydrogen (secondary N) is 1. The van der Waals surface area contributed by atoms with Crippen molar-refractivity contribution in [3.05, 3.63) is 24.0 Å². The highest BCUT2D eigenvalue weighted by molar-refractivity contribution is 5.54. The van der Waals surface area contributed by atoms with E-state index in [0.29, 0.717) is 0 Å². The van der Waals surface area contributed by atoms with Crippen LogP contribution in [-0.2, 0) is 6.54 Å². The lowest BCUT2D eigenvalue weighted by Crippen LogP contribution is -2.35. The number of anilines is 1. The summed E-state index contributed by atoms with van der Waals surface area (Å²) in [7, 11) is 0. The lowest BCUT2D eigenvalue weighted by atomic mass is 9.85. The van der Waals surface area contributed by atoms with Crippen LogP contribution in [0, 0.1) is 5.92 Å². The van der Waals surface area contributed by atoms with Crippen LogP contribution in [0.2, 0.25) is 0 Å². The highest BCUT2D eigenvalue weighted by Crippen LogP contribution is 2.39. The number of aromatic nitrogens is 1. The molecule has 2 fully saturated rings. The van der Waals surface area contributed by atoms with Crippen molar-refractivity contribution >= 4 is 5.69 Å². The second-order valence-electron chi connectivity index (χ2n) is 6.28. The van der Waals surface area contributed by atoms with E-state index in [9.17, 15) is 0 Å². The molecule has 2 unspecified atom stereocenters. The fourth-order valence-electron chi connectivity index (χ4n) is 3.94. The molecule has 3 rings (SSSR count). The Bertz CT molecular complexity index is 432. The first-order chi connectivity index (χ1) is 9.90. The van der Waals surface area contributed by atoms with E-state index in [0.717, 1.165) is 25.0 Å². The van der Waals surface area contributed by atoms with E-state index in [-0.39, 0.29) is 0 Å². The summed E-state index contributed by atoms with van der Waals surface area (Å²) in [5, 5.41) is 3.52. The second kappa shape index (κ2) is 6.57. The summed E-state index contributed by atoms with van der Waals surface area (Å²) in [6, 6.07) is 3.01. The van der Waals surface area contributed by atoms with Gasteiger partial charge in [0.25, 0.3) is 0 Å². The molecule has 0 bridgehead atoms. The Morgan fingerprint density at radius 1 is 1.30 bits per heavy atom. The molecule has 0 spiro atoms. The molecule has 1 aliphatic carbocycles. The molecule has 20 heavy (non-hydrogen) atoms. The summed E-state index contributed by atoms with van der Waals surface area (Å²) in [6.45, 7) is 5.48. The summed E-state index contributed by atoms with van der Waals surface area (Å²) in [6.07, 6.45) is 12.2. The van der Waals surface area contributed by atoms with Crippen molar-refractivity contribution in [2.75, 3.05) is 18.0 Å². The minimum atomic E-state index is 0.788. The molecule has 2 atom stereocenters. The van der Waals surface area contributed by atoms with Gasteiger partial charge < -0.3 is 10.2 Å². The van der Waals surface area contributed by atoms with Gasteiger partial charge in [-0.1, -0.05) is 19.8 Å². The quantitative estimate of drug-likeness (QED) is 0.834. The average Bonchev–Trinajstić information content (AvgIpc) is 2.92.